The van der Waals surface area contributed by atoms with E-state index < -0.39 is 17.8 Å². The van der Waals surface area contributed by atoms with Crippen molar-refractivity contribution in [1.82, 2.24) is 25.1 Å². The molecule has 0 spiro atoms. The molecule has 1 amide bonds. The predicted molar refractivity (Wildman–Crippen MR) is 140 cm³/mol. The molecule has 0 bridgehead atoms. The molecule has 0 fully saturated rings. The van der Waals surface area contributed by atoms with Crippen LogP contribution in [0.3, 0.4) is 0 Å². The summed E-state index contributed by atoms with van der Waals surface area (Å²) >= 11 is 0. The third-order valence-electron chi connectivity index (χ3n) is 6.52. The number of H-pyrrole nitrogens is 1. The van der Waals surface area contributed by atoms with Crippen molar-refractivity contribution >= 4 is 27.7 Å². The summed E-state index contributed by atoms with van der Waals surface area (Å²) in [5, 5.41) is 19.7. The van der Waals surface area contributed by atoms with Crippen molar-refractivity contribution in [1.29, 1.82) is 0 Å². The van der Waals surface area contributed by atoms with Gasteiger partial charge in [0.05, 0.1) is 11.6 Å². The van der Waals surface area contributed by atoms with Crippen LogP contribution in [0.2, 0.25) is 0 Å². The zero-order valence-corrected chi connectivity index (χ0v) is 19.8. The third kappa shape index (κ3) is 4.08. The van der Waals surface area contributed by atoms with Crippen molar-refractivity contribution in [3.8, 4) is 16.9 Å². The van der Waals surface area contributed by atoms with Crippen molar-refractivity contribution in [2.24, 2.45) is 7.05 Å². The van der Waals surface area contributed by atoms with Gasteiger partial charge in [-0.2, -0.15) is 5.10 Å². The number of aromatic hydroxyl groups is 1. The van der Waals surface area contributed by atoms with E-state index in [9.17, 15) is 14.3 Å². The number of phenols is 1. The number of nitrogens with zero attached hydrogens (tertiary/aromatic N) is 3. The molecule has 7 nitrogen and oxygen atoms in total. The largest absolute Gasteiger partial charge is 0.508 e. The average molecular weight is 492 g/mol. The summed E-state index contributed by atoms with van der Waals surface area (Å²) in [7, 11) is 1.78. The number of carbonyl (C=O) groups is 1. The lowest BCUT2D eigenvalue weighted by Gasteiger charge is -2.19. The number of halogens is 1. The minimum atomic E-state index is -0.844. The molecule has 6 aromatic rings. The van der Waals surface area contributed by atoms with Gasteiger partial charge in [-0.3, -0.25) is 14.5 Å². The van der Waals surface area contributed by atoms with Gasteiger partial charge in [0.1, 0.15) is 11.6 Å². The Hall–Kier alpha value is -4.98. The Morgan fingerprint density at radius 1 is 1.00 bits per heavy atom. The Morgan fingerprint density at radius 3 is 2.62 bits per heavy atom. The van der Waals surface area contributed by atoms with Crippen LogP contribution in [0, 0.1) is 5.82 Å². The van der Waals surface area contributed by atoms with Crippen molar-refractivity contribution in [3.05, 3.63) is 114 Å². The first-order chi connectivity index (χ1) is 18.0. The van der Waals surface area contributed by atoms with Gasteiger partial charge in [-0.25, -0.2) is 4.39 Å². The van der Waals surface area contributed by atoms with Gasteiger partial charge < -0.3 is 15.4 Å². The number of benzene rings is 3. The van der Waals surface area contributed by atoms with Crippen molar-refractivity contribution < 1.29 is 14.3 Å². The molecular formula is C29H22FN5O2. The molecule has 0 aliphatic carbocycles. The van der Waals surface area contributed by atoms with E-state index in [4.69, 9.17) is 0 Å². The van der Waals surface area contributed by atoms with Crippen LogP contribution in [0.25, 0.3) is 32.9 Å². The molecule has 0 saturated heterocycles. The van der Waals surface area contributed by atoms with Crippen LogP contribution in [0.4, 0.5) is 4.39 Å². The molecule has 6 rings (SSSR count). The summed E-state index contributed by atoms with van der Waals surface area (Å²) in [5.74, 6) is -1.09. The van der Waals surface area contributed by atoms with E-state index in [1.165, 1.54) is 18.2 Å². The highest BCUT2D eigenvalue weighted by molar-refractivity contribution is 6.06. The first-order valence-electron chi connectivity index (χ1n) is 11.7. The van der Waals surface area contributed by atoms with Crippen LogP contribution in [-0.4, -0.2) is 30.8 Å². The number of aromatic amines is 1. The quantitative estimate of drug-likeness (QED) is 0.298. The Labute approximate surface area is 211 Å². The van der Waals surface area contributed by atoms with E-state index in [0.717, 1.165) is 27.5 Å². The van der Waals surface area contributed by atoms with Gasteiger partial charge in [0, 0.05) is 41.6 Å². The second-order valence-electron chi connectivity index (χ2n) is 8.86. The molecule has 0 aliphatic heterocycles. The summed E-state index contributed by atoms with van der Waals surface area (Å²) in [6.07, 6.45) is 3.46. The van der Waals surface area contributed by atoms with Crippen LogP contribution in [-0.2, 0) is 7.05 Å². The number of phenolic OH excluding ortho intramolecular Hbond substituents is 1. The number of fused-ring (bicyclic) bond motifs is 2. The topological polar surface area (TPSA) is 95.8 Å². The SMILES string of the molecule is Cn1nc(C(=O)NC(c2cc3ccccc3[nH]2)c2cc(F)ccc2O)c2ccc(-c3ccncc3)cc21. The van der Waals surface area contributed by atoms with Crippen molar-refractivity contribution in [2.75, 3.05) is 0 Å². The Bertz CT molecular complexity index is 1740. The van der Waals surface area contributed by atoms with E-state index in [-0.39, 0.29) is 17.0 Å². The summed E-state index contributed by atoms with van der Waals surface area (Å²) in [6.45, 7) is 0. The molecule has 0 radical (unpaired) electrons. The molecule has 182 valence electrons. The fourth-order valence-corrected chi connectivity index (χ4v) is 4.68. The Morgan fingerprint density at radius 2 is 1.81 bits per heavy atom. The van der Waals surface area contributed by atoms with Gasteiger partial charge >= 0.3 is 0 Å². The number of hydrogen-bond donors (Lipinski definition) is 3. The van der Waals surface area contributed by atoms with Crippen LogP contribution in [0.1, 0.15) is 27.8 Å². The number of para-hydroxylation sites is 1. The van der Waals surface area contributed by atoms with Gasteiger partial charge in [-0.1, -0.05) is 24.3 Å². The second-order valence-corrected chi connectivity index (χ2v) is 8.86. The van der Waals surface area contributed by atoms with E-state index in [1.807, 2.05) is 60.7 Å². The summed E-state index contributed by atoms with van der Waals surface area (Å²) in [6, 6.07) is 22.0. The van der Waals surface area contributed by atoms with E-state index >= 15 is 0 Å². The van der Waals surface area contributed by atoms with E-state index in [2.05, 4.69) is 20.4 Å². The number of aryl methyl sites for hydroxylation is 1. The first kappa shape index (κ1) is 22.5. The molecule has 3 aromatic heterocycles. The lowest BCUT2D eigenvalue weighted by atomic mass is 10.0. The van der Waals surface area contributed by atoms with Gasteiger partial charge in [0.2, 0.25) is 0 Å². The number of nitrogens with one attached hydrogen (secondary N) is 2. The maximum Gasteiger partial charge on any atom is 0.273 e. The number of aromatic nitrogens is 4. The zero-order valence-electron chi connectivity index (χ0n) is 19.8. The lowest BCUT2D eigenvalue weighted by Crippen LogP contribution is -2.30. The lowest BCUT2D eigenvalue weighted by molar-refractivity contribution is 0.0938. The normalized spacial score (nSPS) is 12.2. The van der Waals surface area contributed by atoms with Gasteiger partial charge in [-0.15, -0.1) is 0 Å². The molecule has 8 heteroatoms. The van der Waals surface area contributed by atoms with Gasteiger partial charge in [0.15, 0.2) is 5.69 Å². The summed E-state index contributed by atoms with van der Waals surface area (Å²) in [4.78, 5) is 21.0. The van der Waals surface area contributed by atoms with Crippen LogP contribution < -0.4 is 5.32 Å². The highest BCUT2D eigenvalue weighted by atomic mass is 19.1. The monoisotopic (exact) mass is 491 g/mol. The smallest absolute Gasteiger partial charge is 0.273 e. The molecule has 37 heavy (non-hydrogen) atoms. The summed E-state index contributed by atoms with van der Waals surface area (Å²) in [5.41, 5.74) is 4.71. The summed E-state index contributed by atoms with van der Waals surface area (Å²) < 4.78 is 15.9. The van der Waals surface area contributed by atoms with Crippen molar-refractivity contribution in [3.63, 3.8) is 0 Å². The van der Waals surface area contributed by atoms with Crippen LogP contribution >= 0.6 is 0 Å². The maximum atomic E-state index is 14.2. The molecule has 3 N–H and O–H groups in total. The Balaban J connectivity index is 1.41. The molecule has 1 unspecified atom stereocenters. The highest BCUT2D eigenvalue weighted by Crippen LogP contribution is 2.32. The Kier molecular flexibility index (Phi) is 5.41. The number of amides is 1. The number of pyridine rings is 1. The van der Waals surface area contributed by atoms with E-state index in [0.29, 0.717) is 11.1 Å². The van der Waals surface area contributed by atoms with E-state index in [1.54, 1.807) is 24.1 Å². The fraction of sp³-hybridized carbons (Fsp3) is 0.0690. The molecule has 3 heterocycles. The number of hydrogen-bond acceptors (Lipinski definition) is 4. The predicted octanol–water partition coefficient (Wildman–Crippen LogP) is 5.48. The molecule has 3 aromatic carbocycles. The van der Waals surface area contributed by atoms with Gasteiger partial charge in [0.25, 0.3) is 5.91 Å². The molecule has 0 saturated carbocycles. The zero-order chi connectivity index (χ0) is 25.5. The van der Waals surface area contributed by atoms with Gasteiger partial charge in [-0.05, 0) is 71.1 Å². The second kappa shape index (κ2) is 8.91. The maximum absolute atomic E-state index is 14.2. The minimum absolute atomic E-state index is 0.127. The third-order valence-corrected chi connectivity index (χ3v) is 6.52. The average Bonchev–Trinajstić information content (AvgIpc) is 3.50. The molecule has 0 aliphatic rings. The first-order valence-corrected chi connectivity index (χ1v) is 11.7. The highest BCUT2D eigenvalue weighted by Gasteiger charge is 2.26. The molecular weight excluding hydrogens is 469 g/mol. The minimum Gasteiger partial charge on any atom is -0.508 e. The molecule has 1 atom stereocenters. The number of rotatable bonds is 5. The van der Waals surface area contributed by atoms with Crippen molar-refractivity contribution in [2.45, 2.75) is 6.04 Å². The van der Waals surface area contributed by atoms with Crippen LogP contribution in [0.5, 0.6) is 5.75 Å². The fourth-order valence-electron chi connectivity index (χ4n) is 4.68. The standard InChI is InChI=1S/C29H22FN5O2/c1-35-25-15-18(17-10-12-31-13-11-17)6-8-21(25)28(34-35)29(37)33-27(22-16-20(30)7-9-26(22)36)24-14-19-4-2-3-5-23(19)32-24/h2-16,27,32,36H,1H3,(H,33,37). The van der Waals surface area contributed by atoms with Crippen LogP contribution in [0.15, 0.2) is 91.3 Å². The number of carbonyl (C=O) groups excluding carboxylic acids is 1.